The van der Waals surface area contributed by atoms with E-state index in [4.69, 9.17) is 27.0 Å². The Kier molecular flexibility index (Phi) is 11.2. The van der Waals surface area contributed by atoms with Gasteiger partial charge in [-0.2, -0.15) is 0 Å². The molecule has 1 saturated heterocycles. The molecule has 0 saturated carbocycles. The number of carbonyl (C=O) groups is 1. The molecule has 1 aliphatic rings. The van der Waals surface area contributed by atoms with Crippen LogP contribution in [0.5, 0.6) is 0 Å². The maximum Gasteiger partial charge on any atom is 0.280 e. The van der Waals surface area contributed by atoms with E-state index in [0.29, 0.717) is 31.7 Å². The van der Waals surface area contributed by atoms with Crippen LogP contribution in [-0.4, -0.2) is 88.5 Å². The second-order valence-corrected chi connectivity index (χ2v) is 8.25. The molecule has 12 nitrogen and oxygen atoms in total. The number of nitrogens with two attached hydrogens (primary N) is 3. The number of guanidine groups is 1. The Hall–Kier alpha value is -2.54. The Morgan fingerprint density at radius 1 is 1.24 bits per heavy atom. The molecule has 1 aromatic heterocycles. The molecule has 186 valence electrons. The molecule has 2 heterocycles. The number of likely N-dealkylation sites (tertiary alicyclic amines) is 1. The van der Waals surface area contributed by atoms with Crippen molar-refractivity contribution >= 4 is 23.5 Å². The summed E-state index contributed by atoms with van der Waals surface area (Å²) in [5.41, 5.74) is 17.5. The molecule has 9 N–H and O–H groups in total. The van der Waals surface area contributed by atoms with Gasteiger partial charge in [0.2, 0.25) is 0 Å². The first-order chi connectivity index (χ1) is 15.8. The molecule has 12 heteroatoms. The predicted octanol–water partition coefficient (Wildman–Crippen LogP) is -0.611. The summed E-state index contributed by atoms with van der Waals surface area (Å²) < 4.78 is 5.80. The van der Waals surface area contributed by atoms with Crippen molar-refractivity contribution in [2.75, 3.05) is 50.9 Å². The Labute approximate surface area is 194 Å². The summed E-state index contributed by atoms with van der Waals surface area (Å²) in [6.07, 6.45) is 4.53. The van der Waals surface area contributed by atoms with Gasteiger partial charge in [0.1, 0.15) is 5.82 Å². The topological polar surface area (TPSA) is 198 Å². The van der Waals surface area contributed by atoms with Crippen LogP contribution in [0.15, 0.2) is 4.99 Å². The van der Waals surface area contributed by atoms with Crippen molar-refractivity contribution < 1.29 is 19.7 Å². The fourth-order valence-electron chi connectivity index (χ4n) is 3.53. The fourth-order valence-corrected chi connectivity index (χ4v) is 3.53. The molecule has 0 spiro atoms. The quantitative estimate of drug-likeness (QED) is 0.131. The largest absolute Gasteiger partial charge is 0.396 e. The van der Waals surface area contributed by atoms with Crippen LogP contribution >= 0.6 is 0 Å². The summed E-state index contributed by atoms with van der Waals surface area (Å²) in [4.78, 5) is 26.8. The zero-order valence-electron chi connectivity index (χ0n) is 19.4. The van der Waals surface area contributed by atoms with Crippen molar-refractivity contribution in [1.82, 2.24) is 20.2 Å². The molecular weight excluding hydrogens is 428 g/mol. The van der Waals surface area contributed by atoms with E-state index < -0.39 is 12.0 Å². The minimum Gasteiger partial charge on any atom is -0.396 e. The number of nitrogen functional groups attached to an aromatic ring is 2. The van der Waals surface area contributed by atoms with Crippen LogP contribution in [0.1, 0.15) is 54.7 Å². The summed E-state index contributed by atoms with van der Waals surface area (Å²) in [5.74, 6) is -0.448. The minimum atomic E-state index is -0.574. The van der Waals surface area contributed by atoms with E-state index >= 15 is 0 Å². The number of piperidine rings is 1. The van der Waals surface area contributed by atoms with Gasteiger partial charge in [0, 0.05) is 26.2 Å². The zero-order chi connectivity index (χ0) is 24.2. The standard InChI is InChI=1S/C21H38N8O4/c1-14-18(22)27-19(23)17(26-14)20(32)28-21(24)25-8-2-3-9-29-10-6-16(7-11-29)33-13-15(31)5-4-12-30/h15-16,30-31H,2-13H2,1H3,(H4,22,23,27)(H3,24,25,28,32). The van der Waals surface area contributed by atoms with Crippen molar-refractivity contribution in [1.29, 1.82) is 0 Å². The number of anilines is 2. The van der Waals surface area contributed by atoms with E-state index in [-0.39, 0.29) is 36.0 Å². The van der Waals surface area contributed by atoms with Gasteiger partial charge >= 0.3 is 0 Å². The number of unbranched alkanes of at least 4 members (excludes halogenated alkanes) is 1. The van der Waals surface area contributed by atoms with E-state index in [0.717, 1.165) is 45.3 Å². The number of aromatic nitrogens is 2. The average Bonchev–Trinajstić information content (AvgIpc) is 2.79. The number of aliphatic hydroxyl groups is 2. The molecule has 0 aromatic carbocycles. The lowest BCUT2D eigenvalue weighted by Crippen LogP contribution is -2.38. The third kappa shape index (κ3) is 9.46. The highest BCUT2D eigenvalue weighted by Gasteiger charge is 2.20. The third-order valence-corrected chi connectivity index (χ3v) is 5.51. The molecule has 0 aliphatic carbocycles. The maximum atomic E-state index is 12.3. The summed E-state index contributed by atoms with van der Waals surface area (Å²) >= 11 is 0. The van der Waals surface area contributed by atoms with Crippen LogP contribution in [0, 0.1) is 6.92 Å². The Balaban J connectivity index is 1.60. The fraction of sp³-hybridized carbons (Fsp3) is 0.714. The second kappa shape index (κ2) is 13.9. The van der Waals surface area contributed by atoms with Gasteiger partial charge in [0.05, 0.1) is 24.5 Å². The first-order valence-corrected chi connectivity index (χ1v) is 11.4. The molecule has 1 unspecified atom stereocenters. The van der Waals surface area contributed by atoms with Gasteiger partial charge in [-0.1, -0.05) is 0 Å². The summed E-state index contributed by atoms with van der Waals surface area (Å²) in [5, 5.41) is 21.1. The van der Waals surface area contributed by atoms with Gasteiger partial charge in [-0.05, 0) is 52.0 Å². The van der Waals surface area contributed by atoms with E-state index in [9.17, 15) is 9.90 Å². The summed E-state index contributed by atoms with van der Waals surface area (Å²) in [6, 6.07) is 0. The number of nitrogens with one attached hydrogen (secondary N) is 1. The van der Waals surface area contributed by atoms with E-state index in [1.165, 1.54) is 0 Å². The molecule has 1 amide bonds. The minimum absolute atomic E-state index is 0.00909. The molecule has 2 rings (SSSR count). The lowest BCUT2D eigenvalue weighted by molar-refractivity contribution is -0.0378. The number of aliphatic hydroxyl groups excluding tert-OH is 2. The summed E-state index contributed by atoms with van der Waals surface area (Å²) in [6.45, 7) is 5.44. The monoisotopic (exact) mass is 466 g/mol. The van der Waals surface area contributed by atoms with Crippen molar-refractivity contribution in [3.05, 3.63) is 11.4 Å². The van der Waals surface area contributed by atoms with Gasteiger partial charge < -0.3 is 37.1 Å². The second-order valence-electron chi connectivity index (χ2n) is 8.25. The van der Waals surface area contributed by atoms with Gasteiger partial charge in [0.25, 0.3) is 5.91 Å². The van der Waals surface area contributed by atoms with Crippen LogP contribution in [0.2, 0.25) is 0 Å². The molecule has 0 radical (unpaired) electrons. The smallest absolute Gasteiger partial charge is 0.280 e. The number of ether oxygens (including phenoxy) is 1. The first-order valence-electron chi connectivity index (χ1n) is 11.4. The number of aliphatic imine (C=N–C) groups is 1. The van der Waals surface area contributed by atoms with Crippen molar-refractivity contribution in [2.24, 2.45) is 10.7 Å². The lowest BCUT2D eigenvalue weighted by atomic mass is 10.1. The van der Waals surface area contributed by atoms with E-state index in [2.05, 4.69) is 25.2 Å². The van der Waals surface area contributed by atoms with E-state index in [1.54, 1.807) is 6.92 Å². The Morgan fingerprint density at radius 2 is 1.97 bits per heavy atom. The molecule has 1 aromatic rings. The molecular formula is C21H38N8O4. The Bertz CT molecular complexity index is 784. The number of hydrogen-bond donors (Lipinski definition) is 6. The highest BCUT2D eigenvalue weighted by molar-refractivity contribution is 6.06. The van der Waals surface area contributed by atoms with Crippen LogP contribution in [0.4, 0.5) is 11.6 Å². The van der Waals surface area contributed by atoms with Crippen molar-refractivity contribution in [3.8, 4) is 0 Å². The average molecular weight is 467 g/mol. The first kappa shape index (κ1) is 26.7. The van der Waals surface area contributed by atoms with Gasteiger partial charge in [-0.15, -0.1) is 0 Å². The maximum absolute atomic E-state index is 12.3. The van der Waals surface area contributed by atoms with Crippen LogP contribution in [-0.2, 0) is 4.74 Å². The van der Waals surface area contributed by atoms with Crippen LogP contribution in [0.25, 0.3) is 0 Å². The van der Waals surface area contributed by atoms with Crippen LogP contribution < -0.4 is 22.5 Å². The number of rotatable bonds is 12. The number of amides is 1. The SMILES string of the molecule is Cc1nc(C(=O)NC(N)=NCCCCN2CCC(OCC(O)CCCO)CC2)c(N)nc1N. The van der Waals surface area contributed by atoms with Crippen molar-refractivity contribution in [2.45, 2.75) is 57.7 Å². The van der Waals surface area contributed by atoms with Gasteiger partial charge in [-0.3, -0.25) is 15.1 Å². The molecule has 1 atom stereocenters. The van der Waals surface area contributed by atoms with E-state index in [1.807, 2.05) is 0 Å². The molecule has 0 bridgehead atoms. The number of aryl methyl sites for hydroxylation is 1. The summed E-state index contributed by atoms with van der Waals surface area (Å²) in [7, 11) is 0. The lowest BCUT2D eigenvalue weighted by Gasteiger charge is -2.32. The normalized spacial score (nSPS) is 16.6. The van der Waals surface area contributed by atoms with Crippen molar-refractivity contribution in [3.63, 3.8) is 0 Å². The molecule has 1 fully saturated rings. The van der Waals surface area contributed by atoms with Gasteiger partial charge in [-0.25, -0.2) is 9.97 Å². The number of nitrogens with zero attached hydrogens (tertiary/aromatic N) is 4. The highest BCUT2D eigenvalue weighted by Crippen LogP contribution is 2.15. The van der Waals surface area contributed by atoms with Gasteiger partial charge in [0.15, 0.2) is 17.5 Å². The third-order valence-electron chi connectivity index (χ3n) is 5.51. The highest BCUT2D eigenvalue weighted by atomic mass is 16.5. The number of carbonyl (C=O) groups excluding carboxylic acids is 1. The predicted molar refractivity (Wildman–Crippen MR) is 127 cm³/mol. The number of hydrogen-bond acceptors (Lipinski definition) is 10. The zero-order valence-corrected chi connectivity index (χ0v) is 19.4. The molecule has 33 heavy (non-hydrogen) atoms. The Morgan fingerprint density at radius 3 is 2.67 bits per heavy atom. The molecule has 1 aliphatic heterocycles. The van der Waals surface area contributed by atoms with Crippen LogP contribution in [0.3, 0.4) is 0 Å².